The first-order valence-electron chi connectivity index (χ1n) is 23.3. The van der Waals surface area contributed by atoms with Crippen LogP contribution in [0.3, 0.4) is 0 Å². The third-order valence-electron chi connectivity index (χ3n) is 11.2. The Morgan fingerprint density at radius 2 is 0.950 bits per heavy atom. The van der Waals surface area contributed by atoms with E-state index in [0.717, 1.165) is 38.5 Å². The van der Waals surface area contributed by atoms with Crippen molar-refractivity contribution in [2.75, 3.05) is 26.4 Å². The summed E-state index contributed by atoms with van der Waals surface area (Å²) in [6.45, 7) is 2.53. The van der Waals surface area contributed by atoms with Crippen LogP contribution in [0, 0.1) is 0 Å². The molecule has 4 unspecified atom stereocenters. The smallest absolute Gasteiger partial charge is 0.306 e. The van der Waals surface area contributed by atoms with Crippen molar-refractivity contribution in [1.82, 2.24) is 0 Å². The highest BCUT2D eigenvalue weighted by Crippen LogP contribution is 2.26. The van der Waals surface area contributed by atoms with Crippen molar-refractivity contribution in [3.05, 3.63) is 12.2 Å². The van der Waals surface area contributed by atoms with E-state index in [1.54, 1.807) is 0 Å². The van der Waals surface area contributed by atoms with Gasteiger partial charge >= 0.3 is 11.9 Å². The second-order valence-electron chi connectivity index (χ2n) is 16.6. The molecule has 0 aliphatic carbocycles. The van der Waals surface area contributed by atoms with Crippen LogP contribution in [0.4, 0.5) is 0 Å². The van der Waals surface area contributed by atoms with Crippen molar-refractivity contribution >= 4 is 11.9 Å². The number of aliphatic hydroxyl groups excluding tert-OH is 7. The van der Waals surface area contributed by atoms with Crippen molar-refractivity contribution in [3.8, 4) is 0 Å². The quantitative estimate of drug-likeness (QED) is 0.0252. The van der Waals surface area contributed by atoms with E-state index >= 15 is 0 Å². The molecule has 15 nitrogen and oxygen atoms in total. The standard InChI is InChI=1S/C45H82O15/c1-3-5-7-9-11-13-14-15-16-17-18-20-21-23-25-27-36(47)55-30-33(58-37(48)28-26-24-22-19-12-10-8-6-4-2)31-56-44-43(54)41(52)39(50)35(60-44)32-57-45-42(53)40(51)38(49)34(29-46)59-45/h18,20,33-35,38-46,49-54H,3-17,19,21-32H2,1-2H3/b20-18+/t33-,34-,35-,38+,39+,40?,41?,42?,43?,44-,45-/m1/s1. The Labute approximate surface area is 359 Å². The lowest BCUT2D eigenvalue weighted by molar-refractivity contribution is -0.332. The number of unbranched alkanes of at least 4 members (excludes halogenated alkanes) is 19. The summed E-state index contributed by atoms with van der Waals surface area (Å²) in [5.41, 5.74) is 0. The molecule has 0 saturated carbocycles. The Kier molecular flexibility index (Phi) is 30.6. The zero-order chi connectivity index (χ0) is 44.0. The number of hydrogen-bond acceptors (Lipinski definition) is 15. The van der Waals surface area contributed by atoms with Crippen molar-refractivity contribution in [1.29, 1.82) is 0 Å². The van der Waals surface area contributed by atoms with E-state index in [4.69, 9.17) is 28.4 Å². The maximum atomic E-state index is 12.9. The molecule has 2 fully saturated rings. The van der Waals surface area contributed by atoms with Crippen LogP contribution in [-0.4, -0.2) is 142 Å². The van der Waals surface area contributed by atoms with Crippen LogP contribution < -0.4 is 0 Å². The lowest BCUT2D eigenvalue weighted by Gasteiger charge is -2.42. The Hall–Kier alpha value is -1.76. The molecule has 11 atom stereocenters. The third kappa shape index (κ3) is 22.5. The molecule has 0 radical (unpaired) electrons. The van der Waals surface area contributed by atoms with Gasteiger partial charge in [-0.05, 0) is 38.5 Å². The first kappa shape index (κ1) is 54.4. The predicted molar refractivity (Wildman–Crippen MR) is 224 cm³/mol. The van der Waals surface area contributed by atoms with Gasteiger partial charge in [0, 0.05) is 12.8 Å². The number of carbonyl (C=O) groups is 2. The van der Waals surface area contributed by atoms with Gasteiger partial charge < -0.3 is 64.2 Å². The van der Waals surface area contributed by atoms with E-state index in [-0.39, 0.29) is 26.1 Å². The number of ether oxygens (including phenoxy) is 6. The highest BCUT2D eigenvalue weighted by molar-refractivity contribution is 5.70. The molecule has 7 N–H and O–H groups in total. The topological polar surface area (TPSA) is 231 Å². The second-order valence-corrected chi connectivity index (χ2v) is 16.6. The van der Waals surface area contributed by atoms with Crippen LogP contribution in [0.25, 0.3) is 0 Å². The van der Waals surface area contributed by atoms with Gasteiger partial charge in [0.15, 0.2) is 18.7 Å². The maximum Gasteiger partial charge on any atom is 0.306 e. The molecule has 2 saturated heterocycles. The van der Waals surface area contributed by atoms with Crippen LogP contribution in [0.2, 0.25) is 0 Å². The number of hydrogen-bond donors (Lipinski definition) is 7. The van der Waals surface area contributed by atoms with Crippen LogP contribution >= 0.6 is 0 Å². The fourth-order valence-corrected chi connectivity index (χ4v) is 7.33. The van der Waals surface area contributed by atoms with Crippen LogP contribution in [-0.2, 0) is 38.0 Å². The largest absolute Gasteiger partial charge is 0.462 e. The molecule has 352 valence electrons. The third-order valence-corrected chi connectivity index (χ3v) is 11.2. The molecular weight excluding hydrogens is 780 g/mol. The minimum atomic E-state index is -1.76. The highest BCUT2D eigenvalue weighted by atomic mass is 16.7. The molecular formula is C45H82O15. The fraction of sp³-hybridized carbons (Fsp3) is 0.911. The van der Waals surface area contributed by atoms with Gasteiger partial charge in [0.1, 0.15) is 55.4 Å². The van der Waals surface area contributed by atoms with Crippen molar-refractivity contribution in [3.63, 3.8) is 0 Å². The fourth-order valence-electron chi connectivity index (χ4n) is 7.33. The Balaban J connectivity index is 1.84. The lowest BCUT2D eigenvalue weighted by atomic mass is 9.98. The van der Waals surface area contributed by atoms with Crippen molar-refractivity contribution in [2.45, 2.75) is 235 Å². The van der Waals surface area contributed by atoms with Crippen LogP contribution in [0.1, 0.15) is 168 Å². The summed E-state index contributed by atoms with van der Waals surface area (Å²) < 4.78 is 33.4. The Morgan fingerprint density at radius 3 is 1.50 bits per heavy atom. The molecule has 2 rings (SSSR count). The van der Waals surface area contributed by atoms with Gasteiger partial charge in [0.05, 0.1) is 19.8 Å². The summed E-state index contributed by atoms with van der Waals surface area (Å²) in [5.74, 6) is -0.949. The van der Waals surface area contributed by atoms with Gasteiger partial charge in [-0.2, -0.15) is 0 Å². The van der Waals surface area contributed by atoms with Crippen molar-refractivity contribution in [2.24, 2.45) is 0 Å². The first-order valence-corrected chi connectivity index (χ1v) is 23.3. The van der Waals surface area contributed by atoms with Crippen molar-refractivity contribution < 1.29 is 73.8 Å². The molecule has 0 aromatic carbocycles. The summed E-state index contributed by atoms with van der Waals surface area (Å²) in [5, 5.41) is 71.8. The summed E-state index contributed by atoms with van der Waals surface area (Å²) in [7, 11) is 0. The van der Waals surface area contributed by atoms with E-state index < -0.39 is 92.7 Å². The lowest BCUT2D eigenvalue weighted by Crippen LogP contribution is -2.61. The van der Waals surface area contributed by atoms with Gasteiger partial charge in [-0.1, -0.05) is 129 Å². The van der Waals surface area contributed by atoms with Crippen LogP contribution in [0.15, 0.2) is 12.2 Å². The van der Waals surface area contributed by atoms with E-state index in [0.29, 0.717) is 12.8 Å². The zero-order valence-corrected chi connectivity index (χ0v) is 36.7. The molecule has 2 aliphatic rings. The first-order chi connectivity index (χ1) is 29.0. The Bertz CT molecular complexity index is 1110. The minimum Gasteiger partial charge on any atom is -0.462 e. The SMILES string of the molecule is CCCCCCCCCCC/C=C/CCCCC(=O)OC[C@H](CO[C@@H]1O[C@H](CO[C@@H]2O[C@H](CO)[C@H](O)C(O)C2O)[C@H](O)C(O)C1O)OC(=O)CCCCCCCCCCC. The number of allylic oxidation sites excluding steroid dienone is 2. The van der Waals surface area contributed by atoms with Gasteiger partial charge in [-0.25, -0.2) is 0 Å². The Morgan fingerprint density at radius 1 is 0.517 bits per heavy atom. The maximum absolute atomic E-state index is 12.9. The molecule has 0 spiro atoms. The van der Waals surface area contributed by atoms with E-state index in [9.17, 15) is 45.3 Å². The molecule has 2 heterocycles. The molecule has 0 bridgehead atoms. The predicted octanol–water partition coefficient (Wildman–Crippen LogP) is 5.04. The average molecular weight is 863 g/mol. The average Bonchev–Trinajstić information content (AvgIpc) is 3.24. The van der Waals surface area contributed by atoms with Gasteiger partial charge in [-0.3, -0.25) is 9.59 Å². The van der Waals surface area contributed by atoms with E-state index in [2.05, 4.69) is 26.0 Å². The summed E-state index contributed by atoms with van der Waals surface area (Å²) in [4.78, 5) is 25.5. The van der Waals surface area contributed by atoms with E-state index in [1.807, 2.05) is 0 Å². The second kappa shape index (κ2) is 33.8. The molecule has 0 amide bonds. The van der Waals surface area contributed by atoms with Gasteiger partial charge in [-0.15, -0.1) is 0 Å². The summed E-state index contributed by atoms with van der Waals surface area (Å²) >= 11 is 0. The molecule has 0 aromatic heterocycles. The molecule has 60 heavy (non-hydrogen) atoms. The highest BCUT2D eigenvalue weighted by Gasteiger charge is 2.47. The normalized spacial score (nSPS) is 27.6. The van der Waals surface area contributed by atoms with Gasteiger partial charge in [0.25, 0.3) is 0 Å². The summed E-state index contributed by atoms with van der Waals surface area (Å²) in [6, 6.07) is 0. The van der Waals surface area contributed by atoms with Gasteiger partial charge in [0.2, 0.25) is 0 Å². The number of carbonyl (C=O) groups excluding carboxylic acids is 2. The van der Waals surface area contributed by atoms with Crippen LogP contribution in [0.5, 0.6) is 0 Å². The van der Waals surface area contributed by atoms with E-state index in [1.165, 1.54) is 89.9 Å². The minimum absolute atomic E-state index is 0.164. The molecule has 0 aromatic rings. The number of esters is 2. The monoisotopic (exact) mass is 863 g/mol. The molecule has 15 heteroatoms. The molecule has 2 aliphatic heterocycles. The number of rotatable bonds is 35. The zero-order valence-electron chi connectivity index (χ0n) is 36.7. The number of aliphatic hydroxyl groups is 7. The summed E-state index contributed by atoms with van der Waals surface area (Å²) in [6.07, 6.45) is 12.7.